The maximum absolute atomic E-state index is 14.3. The molecule has 1 aliphatic rings. The molecule has 3 N–H and O–H groups in total. The summed E-state index contributed by atoms with van der Waals surface area (Å²) < 4.78 is 40.6. The van der Waals surface area contributed by atoms with Crippen LogP contribution in [-0.2, 0) is 16.6 Å². The van der Waals surface area contributed by atoms with Gasteiger partial charge in [0.15, 0.2) is 5.03 Å². The minimum Gasteiger partial charge on any atom is -0.367 e. The van der Waals surface area contributed by atoms with E-state index in [4.69, 9.17) is 0 Å². The molecule has 7 nitrogen and oxygen atoms in total. The molecule has 1 saturated heterocycles. The van der Waals surface area contributed by atoms with Crippen LogP contribution >= 0.6 is 12.4 Å². The standard InChI is InChI=1S/C14H18FN5O2S.ClH/c15-12-7-11(1-2-13(12)20-5-3-16-4-6-20)8-19-23(21,22)14-9-17-10-18-14;/h1-2,7,9-10,16,19H,3-6,8H2,(H,17,18);1H. The fourth-order valence-electron chi connectivity index (χ4n) is 2.47. The lowest BCUT2D eigenvalue weighted by Crippen LogP contribution is -2.43. The molecule has 3 rings (SSSR count). The molecule has 0 atom stereocenters. The summed E-state index contributed by atoms with van der Waals surface area (Å²) in [6.45, 7) is 3.17. The van der Waals surface area contributed by atoms with Crippen LogP contribution < -0.4 is 14.9 Å². The highest BCUT2D eigenvalue weighted by Crippen LogP contribution is 2.21. The van der Waals surface area contributed by atoms with Crippen LogP contribution in [0.3, 0.4) is 0 Å². The third-order valence-corrected chi connectivity index (χ3v) is 5.03. The van der Waals surface area contributed by atoms with Crippen LogP contribution in [-0.4, -0.2) is 44.6 Å². The highest BCUT2D eigenvalue weighted by atomic mass is 35.5. The van der Waals surface area contributed by atoms with Crippen LogP contribution in [0.2, 0.25) is 0 Å². The van der Waals surface area contributed by atoms with Crippen LogP contribution in [0.5, 0.6) is 0 Å². The van der Waals surface area contributed by atoms with E-state index in [1.807, 2.05) is 4.90 Å². The first-order chi connectivity index (χ1) is 11.1. The Morgan fingerprint density at radius 2 is 2.04 bits per heavy atom. The predicted molar refractivity (Wildman–Crippen MR) is 91.3 cm³/mol. The van der Waals surface area contributed by atoms with Gasteiger partial charge in [0.1, 0.15) is 5.82 Å². The Morgan fingerprint density at radius 3 is 2.67 bits per heavy atom. The van der Waals surface area contributed by atoms with E-state index < -0.39 is 10.0 Å². The van der Waals surface area contributed by atoms with E-state index in [1.165, 1.54) is 18.6 Å². The molecule has 2 heterocycles. The zero-order valence-electron chi connectivity index (χ0n) is 12.8. The van der Waals surface area contributed by atoms with Gasteiger partial charge < -0.3 is 15.2 Å². The molecule has 0 saturated carbocycles. The molecule has 10 heteroatoms. The lowest BCUT2D eigenvalue weighted by molar-refractivity contribution is 0.564. The number of sulfonamides is 1. The molecule has 0 bridgehead atoms. The second-order valence-electron chi connectivity index (χ2n) is 5.26. The number of imidazole rings is 1. The molecule has 1 aromatic heterocycles. The topological polar surface area (TPSA) is 90.1 Å². The van der Waals surface area contributed by atoms with Crippen LogP contribution in [0.25, 0.3) is 0 Å². The Bertz CT molecular complexity index is 763. The number of halogens is 2. The monoisotopic (exact) mass is 375 g/mol. The summed E-state index contributed by atoms with van der Waals surface area (Å²) in [7, 11) is -3.67. The molecule has 0 amide bonds. The van der Waals surface area contributed by atoms with Gasteiger partial charge in [0.2, 0.25) is 0 Å². The number of hydrogen-bond acceptors (Lipinski definition) is 5. The van der Waals surface area contributed by atoms with Crippen molar-refractivity contribution in [1.29, 1.82) is 0 Å². The summed E-state index contributed by atoms with van der Waals surface area (Å²) in [5, 5.41) is 3.20. The van der Waals surface area contributed by atoms with Crippen LogP contribution in [0.1, 0.15) is 5.56 Å². The van der Waals surface area contributed by atoms with Gasteiger partial charge in [-0.25, -0.2) is 22.5 Å². The molecule has 1 fully saturated rings. The quantitative estimate of drug-likeness (QED) is 0.721. The van der Waals surface area contributed by atoms with Crippen molar-refractivity contribution in [2.75, 3.05) is 31.1 Å². The number of H-pyrrole nitrogens is 1. The van der Waals surface area contributed by atoms with Crippen molar-refractivity contribution in [2.24, 2.45) is 0 Å². The van der Waals surface area contributed by atoms with E-state index in [0.717, 1.165) is 26.2 Å². The molecule has 2 aromatic rings. The van der Waals surface area contributed by atoms with Crippen molar-refractivity contribution < 1.29 is 12.8 Å². The van der Waals surface area contributed by atoms with Gasteiger partial charge in [-0.1, -0.05) is 6.07 Å². The number of nitrogens with one attached hydrogen (secondary N) is 3. The van der Waals surface area contributed by atoms with Gasteiger partial charge in [-0.3, -0.25) is 0 Å². The zero-order chi connectivity index (χ0) is 16.3. The fraction of sp³-hybridized carbons (Fsp3) is 0.357. The maximum Gasteiger partial charge on any atom is 0.257 e. The lowest BCUT2D eigenvalue weighted by atomic mass is 10.1. The van der Waals surface area contributed by atoms with E-state index in [9.17, 15) is 12.8 Å². The van der Waals surface area contributed by atoms with E-state index >= 15 is 0 Å². The minimum atomic E-state index is -3.67. The number of aromatic nitrogens is 2. The third kappa shape index (κ3) is 4.23. The van der Waals surface area contributed by atoms with E-state index in [0.29, 0.717) is 11.3 Å². The van der Waals surface area contributed by atoms with Gasteiger partial charge in [-0.15, -0.1) is 12.4 Å². The molecule has 132 valence electrons. The normalized spacial score (nSPS) is 15.1. The van der Waals surface area contributed by atoms with Crippen molar-refractivity contribution in [3.63, 3.8) is 0 Å². The molecule has 0 unspecified atom stereocenters. The number of aromatic amines is 1. The van der Waals surface area contributed by atoms with Gasteiger partial charge in [0.05, 0.1) is 18.2 Å². The van der Waals surface area contributed by atoms with Gasteiger partial charge in [-0.2, -0.15) is 0 Å². The number of anilines is 1. The summed E-state index contributed by atoms with van der Waals surface area (Å²) in [6.07, 6.45) is 2.51. The number of rotatable bonds is 5. The van der Waals surface area contributed by atoms with Crippen molar-refractivity contribution in [3.05, 3.63) is 42.1 Å². The number of nitrogens with zero attached hydrogens (tertiary/aromatic N) is 2. The first kappa shape index (κ1) is 18.7. The summed E-state index contributed by atoms with van der Waals surface area (Å²) >= 11 is 0. The smallest absolute Gasteiger partial charge is 0.257 e. The average Bonchev–Trinajstić information content (AvgIpc) is 3.09. The van der Waals surface area contributed by atoms with Gasteiger partial charge in [-0.05, 0) is 17.7 Å². The second kappa shape index (κ2) is 7.93. The highest BCUT2D eigenvalue weighted by Gasteiger charge is 2.17. The van der Waals surface area contributed by atoms with Gasteiger partial charge in [0, 0.05) is 32.7 Å². The number of hydrogen-bond donors (Lipinski definition) is 3. The molecule has 1 aromatic carbocycles. The van der Waals surface area contributed by atoms with Crippen molar-refractivity contribution in [3.8, 4) is 0 Å². The Balaban J connectivity index is 0.00000208. The van der Waals surface area contributed by atoms with Crippen molar-refractivity contribution in [2.45, 2.75) is 11.6 Å². The highest BCUT2D eigenvalue weighted by molar-refractivity contribution is 7.89. The first-order valence-corrected chi connectivity index (χ1v) is 8.77. The molecule has 24 heavy (non-hydrogen) atoms. The van der Waals surface area contributed by atoms with E-state index in [-0.39, 0.29) is 29.8 Å². The molecule has 0 spiro atoms. The fourth-order valence-corrected chi connectivity index (χ4v) is 3.39. The van der Waals surface area contributed by atoms with Gasteiger partial charge in [0.25, 0.3) is 10.0 Å². The molecule has 0 aliphatic carbocycles. The Morgan fingerprint density at radius 1 is 1.29 bits per heavy atom. The summed E-state index contributed by atoms with van der Waals surface area (Å²) in [4.78, 5) is 8.18. The van der Waals surface area contributed by atoms with Gasteiger partial charge >= 0.3 is 0 Å². The van der Waals surface area contributed by atoms with Crippen LogP contribution in [0, 0.1) is 5.82 Å². The average molecular weight is 376 g/mol. The molecule has 0 radical (unpaired) electrons. The largest absolute Gasteiger partial charge is 0.367 e. The van der Waals surface area contributed by atoms with Crippen molar-refractivity contribution >= 4 is 28.1 Å². The molecule has 1 aliphatic heterocycles. The number of benzene rings is 1. The Kier molecular flexibility index (Phi) is 6.16. The number of piperazine rings is 1. The van der Waals surface area contributed by atoms with Crippen LogP contribution in [0.15, 0.2) is 35.7 Å². The summed E-state index contributed by atoms with van der Waals surface area (Å²) in [5.41, 5.74) is 1.11. The summed E-state index contributed by atoms with van der Waals surface area (Å²) in [5.74, 6) is -0.342. The molecular formula is C14H19ClFN5O2S. The lowest BCUT2D eigenvalue weighted by Gasteiger charge is -2.29. The Labute approximate surface area is 146 Å². The second-order valence-corrected chi connectivity index (χ2v) is 7.00. The first-order valence-electron chi connectivity index (χ1n) is 7.28. The van der Waals surface area contributed by atoms with E-state index in [2.05, 4.69) is 20.0 Å². The maximum atomic E-state index is 14.3. The summed E-state index contributed by atoms with van der Waals surface area (Å²) in [6, 6.07) is 4.79. The SMILES string of the molecule is Cl.O=S(=O)(NCc1ccc(N2CCNCC2)c(F)c1)c1cnc[nH]1. The van der Waals surface area contributed by atoms with Crippen LogP contribution in [0.4, 0.5) is 10.1 Å². The molecular weight excluding hydrogens is 357 g/mol. The van der Waals surface area contributed by atoms with Crippen molar-refractivity contribution in [1.82, 2.24) is 20.0 Å². The predicted octanol–water partition coefficient (Wildman–Crippen LogP) is 0.859. The zero-order valence-corrected chi connectivity index (χ0v) is 14.5. The third-order valence-electron chi connectivity index (χ3n) is 3.70. The van der Waals surface area contributed by atoms with E-state index in [1.54, 1.807) is 12.1 Å². The minimum absolute atomic E-state index is 0. The Hall–Kier alpha value is -1.68.